The SMILES string of the molecule is COC(=O)c1ccc(S(=O)(=O)N2CCCC(C(=O)Nc3ccc(Br)cn3)C2)c(C)c1. The second kappa shape index (κ2) is 9.23. The summed E-state index contributed by atoms with van der Waals surface area (Å²) >= 11 is 3.29. The van der Waals surface area contributed by atoms with Crippen LogP contribution in [0, 0.1) is 12.8 Å². The Morgan fingerprint density at radius 1 is 1.27 bits per heavy atom. The molecule has 10 heteroatoms. The fourth-order valence-electron chi connectivity index (χ4n) is 3.38. The number of ether oxygens (including phenoxy) is 1. The summed E-state index contributed by atoms with van der Waals surface area (Å²) in [4.78, 5) is 28.6. The van der Waals surface area contributed by atoms with Crippen LogP contribution in [0.3, 0.4) is 0 Å². The van der Waals surface area contributed by atoms with Crippen molar-refractivity contribution in [3.8, 4) is 0 Å². The van der Waals surface area contributed by atoms with Crippen molar-refractivity contribution in [1.82, 2.24) is 9.29 Å². The average Bonchev–Trinajstić information content (AvgIpc) is 2.74. The minimum absolute atomic E-state index is 0.0862. The number of rotatable bonds is 5. The lowest BCUT2D eigenvalue weighted by atomic mass is 9.99. The number of piperidine rings is 1. The van der Waals surface area contributed by atoms with Crippen LogP contribution in [0.1, 0.15) is 28.8 Å². The number of nitrogens with zero attached hydrogens (tertiary/aromatic N) is 2. The highest BCUT2D eigenvalue weighted by Crippen LogP contribution is 2.27. The molecular weight excluding hydrogens is 474 g/mol. The van der Waals surface area contributed by atoms with E-state index in [1.165, 1.54) is 29.6 Å². The molecule has 1 aliphatic heterocycles. The molecule has 8 nitrogen and oxygen atoms in total. The van der Waals surface area contributed by atoms with Gasteiger partial charge in [0.1, 0.15) is 5.82 Å². The largest absolute Gasteiger partial charge is 0.465 e. The van der Waals surface area contributed by atoms with Crippen LogP contribution >= 0.6 is 15.9 Å². The normalized spacial score (nSPS) is 17.4. The number of hydrogen-bond donors (Lipinski definition) is 1. The number of aryl methyl sites for hydroxylation is 1. The van der Waals surface area contributed by atoms with E-state index in [-0.39, 0.29) is 22.9 Å². The molecule has 0 aliphatic carbocycles. The highest BCUT2D eigenvalue weighted by atomic mass is 79.9. The number of carbonyl (C=O) groups excluding carboxylic acids is 2. The lowest BCUT2D eigenvalue weighted by molar-refractivity contribution is -0.120. The second-order valence-electron chi connectivity index (χ2n) is 7.02. The van der Waals surface area contributed by atoms with Gasteiger partial charge in [0.15, 0.2) is 0 Å². The van der Waals surface area contributed by atoms with Crippen LogP contribution in [-0.4, -0.2) is 49.8 Å². The molecule has 1 aromatic heterocycles. The molecule has 3 rings (SSSR count). The van der Waals surface area contributed by atoms with E-state index < -0.39 is 21.9 Å². The van der Waals surface area contributed by atoms with Gasteiger partial charge < -0.3 is 10.1 Å². The molecule has 1 fully saturated rings. The molecule has 160 valence electrons. The van der Waals surface area contributed by atoms with Gasteiger partial charge in [-0.05, 0) is 71.6 Å². The highest BCUT2D eigenvalue weighted by molar-refractivity contribution is 9.10. The van der Waals surface area contributed by atoms with Crippen molar-refractivity contribution in [3.05, 3.63) is 52.1 Å². The van der Waals surface area contributed by atoms with Gasteiger partial charge in [-0.2, -0.15) is 4.31 Å². The number of methoxy groups -OCH3 is 1. The molecule has 0 bridgehead atoms. The van der Waals surface area contributed by atoms with Gasteiger partial charge in [-0.3, -0.25) is 4.79 Å². The zero-order valence-corrected chi connectivity index (χ0v) is 19.0. The van der Waals surface area contributed by atoms with Crippen molar-refractivity contribution in [3.63, 3.8) is 0 Å². The maximum atomic E-state index is 13.2. The lowest BCUT2D eigenvalue weighted by Gasteiger charge is -2.31. The van der Waals surface area contributed by atoms with Gasteiger partial charge in [-0.1, -0.05) is 0 Å². The Labute approximate surface area is 183 Å². The quantitative estimate of drug-likeness (QED) is 0.639. The van der Waals surface area contributed by atoms with E-state index >= 15 is 0 Å². The van der Waals surface area contributed by atoms with Gasteiger partial charge in [-0.25, -0.2) is 18.2 Å². The van der Waals surface area contributed by atoms with Gasteiger partial charge >= 0.3 is 5.97 Å². The van der Waals surface area contributed by atoms with E-state index in [4.69, 9.17) is 0 Å². The molecule has 1 atom stereocenters. The molecule has 0 radical (unpaired) electrons. The number of anilines is 1. The van der Waals surface area contributed by atoms with E-state index in [2.05, 4.69) is 31.0 Å². The monoisotopic (exact) mass is 495 g/mol. The summed E-state index contributed by atoms with van der Waals surface area (Å²) in [6.07, 6.45) is 2.74. The number of sulfonamides is 1. The standard InChI is InChI=1S/C20H22BrN3O5S/c1-13-10-14(20(26)29-2)5-7-17(13)30(27,28)24-9-3-4-15(12-24)19(25)23-18-8-6-16(21)11-22-18/h5-8,10-11,15H,3-4,9,12H2,1-2H3,(H,22,23,25). The minimum atomic E-state index is -3.81. The first-order valence-electron chi connectivity index (χ1n) is 9.34. The third-order valence-electron chi connectivity index (χ3n) is 4.95. The molecule has 30 heavy (non-hydrogen) atoms. The predicted octanol–water partition coefficient (Wildman–Crippen LogP) is 2.98. The van der Waals surface area contributed by atoms with Crippen LogP contribution in [0.4, 0.5) is 5.82 Å². The molecule has 1 saturated heterocycles. The van der Waals surface area contributed by atoms with E-state index in [1.54, 1.807) is 25.3 Å². The predicted molar refractivity (Wildman–Crippen MR) is 115 cm³/mol. The summed E-state index contributed by atoms with van der Waals surface area (Å²) in [6, 6.07) is 7.77. The van der Waals surface area contributed by atoms with Gasteiger partial charge in [0.25, 0.3) is 0 Å². The summed E-state index contributed by atoms with van der Waals surface area (Å²) in [7, 11) is -2.54. The molecule has 2 heterocycles. The number of amides is 1. The molecular formula is C20H22BrN3O5S. The zero-order valence-electron chi connectivity index (χ0n) is 16.6. The van der Waals surface area contributed by atoms with Crippen molar-refractivity contribution in [1.29, 1.82) is 0 Å². The van der Waals surface area contributed by atoms with Gasteiger partial charge in [0, 0.05) is 23.8 Å². The first kappa shape index (κ1) is 22.4. The Bertz CT molecular complexity index is 1060. The third-order valence-corrected chi connectivity index (χ3v) is 7.44. The van der Waals surface area contributed by atoms with Gasteiger partial charge in [0.05, 0.1) is 23.5 Å². The van der Waals surface area contributed by atoms with Crippen molar-refractivity contribution in [2.24, 2.45) is 5.92 Å². The van der Waals surface area contributed by atoms with Crippen LogP contribution in [0.15, 0.2) is 45.9 Å². The van der Waals surface area contributed by atoms with Crippen LogP contribution < -0.4 is 5.32 Å². The summed E-state index contributed by atoms with van der Waals surface area (Å²) in [6.45, 7) is 2.05. The Morgan fingerprint density at radius 2 is 2.03 bits per heavy atom. The molecule has 1 aliphatic rings. The number of hydrogen-bond acceptors (Lipinski definition) is 6. The molecule has 1 aromatic carbocycles. The first-order valence-corrected chi connectivity index (χ1v) is 11.6. The summed E-state index contributed by atoms with van der Waals surface area (Å²) in [5.74, 6) is -0.855. The number of pyridine rings is 1. The maximum absolute atomic E-state index is 13.2. The van der Waals surface area contributed by atoms with Crippen molar-refractivity contribution < 1.29 is 22.7 Å². The molecule has 0 saturated carbocycles. The minimum Gasteiger partial charge on any atom is -0.465 e. The number of aromatic nitrogens is 1. The Hall–Kier alpha value is -2.30. The Kier molecular flexibility index (Phi) is 6.89. The Morgan fingerprint density at radius 3 is 2.67 bits per heavy atom. The lowest BCUT2D eigenvalue weighted by Crippen LogP contribution is -2.43. The highest BCUT2D eigenvalue weighted by Gasteiger charge is 2.34. The number of esters is 1. The fourth-order valence-corrected chi connectivity index (χ4v) is 5.34. The van der Waals surface area contributed by atoms with E-state index in [9.17, 15) is 18.0 Å². The second-order valence-corrected chi connectivity index (χ2v) is 9.85. The van der Waals surface area contributed by atoms with E-state index in [0.29, 0.717) is 30.8 Å². The van der Waals surface area contributed by atoms with Crippen LogP contribution in [-0.2, 0) is 19.6 Å². The summed E-state index contributed by atoms with van der Waals surface area (Å²) in [5.41, 5.74) is 0.732. The van der Waals surface area contributed by atoms with Crippen LogP contribution in [0.25, 0.3) is 0 Å². The molecule has 1 amide bonds. The number of nitrogens with one attached hydrogen (secondary N) is 1. The summed E-state index contributed by atoms with van der Waals surface area (Å²) in [5, 5.41) is 2.74. The zero-order chi connectivity index (χ0) is 21.9. The average molecular weight is 496 g/mol. The molecule has 0 spiro atoms. The number of halogens is 1. The van der Waals surface area contributed by atoms with Gasteiger partial charge in [-0.15, -0.1) is 0 Å². The number of benzene rings is 1. The van der Waals surface area contributed by atoms with Gasteiger partial charge in [0.2, 0.25) is 15.9 Å². The third kappa shape index (κ3) is 4.88. The van der Waals surface area contributed by atoms with E-state index in [0.717, 1.165) is 4.47 Å². The van der Waals surface area contributed by atoms with E-state index in [1.807, 2.05) is 0 Å². The Balaban J connectivity index is 1.76. The maximum Gasteiger partial charge on any atom is 0.337 e. The van der Waals surface area contributed by atoms with Crippen LogP contribution in [0.2, 0.25) is 0 Å². The smallest absolute Gasteiger partial charge is 0.337 e. The fraction of sp³-hybridized carbons (Fsp3) is 0.350. The molecule has 1 N–H and O–H groups in total. The van der Waals surface area contributed by atoms with Crippen molar-refractivity contribution in [2.45, 2.75) is 24.7 Å². The molecule has 2 aromatic rings. The topological polar surface area (TPSA) is 106 Å². The molecule has 1 unspecified atom stereocenters. The van der Waals surface area contributed by atoms with Crippen LogP contribution in [0.5, 0.6) is 0 Å². The number of carbonyl (C=O) groups is 2. The summed E-state index contributed by atoms with van der Waals surface area (Å²) < 4.78 is 33.2. The van der Waals surface area contributed by atoms with Crippen molar-refractivity contribution in [2.75, 3.05) is 25.5 Å². The first-order chi connectivity index (χ1) is 14.2. The van der Waals surface area contributed by atoms with Crippen molar-refractivity contribution >= 4 is 43.6 Å².